The summed E-state index contributed by atoms with van der Waals surface area (Å²) in [6.45, 7) is 0. The molecule has 2 aromatic heterocycles. The van der Waals surface area contributed by atoms with Crippen LogP contribution in [-0.2, 0) is 0 Å². The zero-order valence-electron chi connectivity index (χ0n) is 15.3. The van der Waals surface area contributed by atoms with Gasteiger partial charge in [0.25, 0.3) is 5.91 Å². The third-order valence-corrected chi connectivity index (χ3v) is 5.28. The third-order valence-electron chi connectivity index (χ3n) is 4.36. The first-order chi connectivity index (χ1) is 13.6. The molecule has 4 rings (SSSR count). The van der Waals surface area contributed by atoms with Crippen LogP contribution in [0.1, 0.15) is 10.6 Å². The molecule has 0 aliphatic rings. The summed E-state index contributed by atoms with van der Waals surface area (Å²) < 4.78 is 16.3. The summed E-state index contributed by atoms with van der Waals surface area (Å²) in [4.78, 5) is 13.9. The fourth-order valence-corrected chi connectivity index (χ4v) is 3.65. The smallest absolute Gasteiger partial charge is 0.291 e. The van der Waals surface area contributed by atoms with Gasteiger partial charge in [0, 0.05) is 23.1 Å². The fraction of sp³-hybridized carbons (Fsp3) is 0.0952. The highest BCUT2D eigenvalue weighted by molar-refractivity contribution is 7.13. The number of nitrogens with two attached hydrogens (primary N) is 1. The summed E-state index contributed by atoms with van der Waals surface area (Å²) in [6, 6.07) is 14.6. The number of anilines is 2. The number of hydrogen-bond acceptors (Lipinski definition) is 6. The molecule has 0 aliphatic carbocycles. The maximum Gasteiger partial charge on any atom is 0.291 e. The quantitative estimate of drug-likeness (QED) is 0.465. The number of carbonyl (C=O) groups excluding carboxylic acids is 1. The molecule has 0 saturated heterocycles. The van der Waals surface area contributed by atoms with Gasteiger partial charge in [-0.05, 0) is 29.1 Å². The van der Waals surface area contributed by atoms with Crippen LogP contribution in [0.15, 0.2) is 58.3 Å². The van der Waals surface area contributed by atoms with Crippen LogP contribution in [-0.4, -0.2) is 20.1 Å². The standard InChI is InChI=1S/C21H18N2O4S/c1-25-13-9-17(26-2)14-11-19(27-18(14)10-13)21(24)23-16-8-12(5-6-15(16)22)20-4-3-7-28-20/h3-11H,22H2,1-2H3,(H,23,24). The number of fused-ring (bicyclic) bond motifs is 1. The van der Waals surface area contributed by atoms with E-state index in [1.807, 2.05) is 29.6 Å². The molecule has 2 aromatic carbocycles. The van der Waals surface area contributed by atoms with Gasteiger partial charge < -0.3 is 24.9 Å². The predicted octanol–water partition coefficient (Wildman–Crippen LogP) is 5.01. The van der Waals surface area contributed by atoms with Crippen LogP contribution < -0.4 is 20.5 Å². The van der Waals surface area contributed by atoms with Gasteiger partial charge in [-0.3, -0.25) is 4.79 Å². The van der Waals surface area contributed by atoms with E-state index in [2.05, 4.69) is 5.32 Å². The van der Waals surface area contributed by atoms with Crippen LogP contribution in [0, 0.1) is 0 Å². The molecular weight excluding hydrogens is 376 g/mol. The second kappa shape index (κ2) is 7.28. The Bertz CT molecular complexity index is 1150. The van der Waals surface area contributed by atoms with Gasteiger partial charge in [0.2, 0.25) is 0 Å². The zero-order valence-corrected chi connectivity index (χ0v) is 16.1. The van der Waals surface area contributed by atoms with Crippen molar-refractivity contribution in [3.05, 3.63) is 59.7 Å². The molecule has 2 heterocycles. The number of methoxy groups -OCH3 is 2. The van der Waals surface area contributed by atoms with Crippen molar-refractivity contribution in [1.29, 1.82) is 0 Å². The van der Waals surface area contributed by atoms with E-state index in [1.54, 1.807) is 49.8 Å². The van der Waals surface area contributed by atoms with Gasteiger partial charge in [-0.15, -0.1) is 11.3 Å². The number of furan rings is 1. The first-order valence-corrected chi connectivity index (χ1v) is 9.37. The largest absolute Gasteiger partial charge is 0.496 e. The first-order valence-electron chi connectivity index (χ1n) is 8.49. The van der Waals surface area contributed by atoms with Crippen molar-refractivity contribution in [2.45, 2.75) is 0 Å². The van der Waals surface area contributed by atoms with E-state index < -0.39 is 5.91 Å². The van der Waals surface area contributed by atoms with Crippen molar-refractivity contribution < 1.29 is 18.7 Å². The topological polar surface area (TPSA) is 86.7 Å². The molecular formula is C21H18N2O4S. The summed E-state index contributed by atoms with van der Waals surface area (Å²) in [5.74, 6) is 0.907. The number of nitrogen functional groups attached to an aromatic ring is 1. The number of ether oxygens (including phenoxy) is 2. The Kier molecular flexibility index (Phi) is 4.67. The number of carbonyl (C=O) groups is 1. The molecule has 0 unspecified atom stereocenters. The van der Waals surface area contributed by atoms with Gasteiger partial charge in [-0.1, -0.05) is 12.1 Å². The number of amides is 1. The lowest BCUT2D eigenvalue weighted by Gasteiger charge is -2.09. The monoisotopic (exact) mass is 394 g/mol. The Morgan fingerprint density at radius 2 is 1.96 bits per heavy atom. The van der Waals surface area contributed by atoms with Crippen LogP contribution in [0.2, 0.25) is 0 Å². The zero-order chi connectivity index (χ0) is 19.7. The lowest BCUT2D eigenvalue weighted by Crippen LogP contribution is -2.12. The molecule has 1 amide bonds. The summed E-state index contributed by atoms with van der Waals surface area (Å²) >= 11 is 1.62. The van der Waals surface area contributed by atoms with E-state index in [9.17, 15) is 4.79 Å². The minimum Gasteiger partial charge on any atom is -0.496 e. The molecule has 4 aromatic rings. The van der Waals surface area contributed by atoms with E-state index in [4.69, 9.17) is 19.6 Å². The van der Waals surface area contributed by atoms with Crippen LogP contribution in [0.25, 0.3) is 21.4 Å². The molecule has 0 bridgehead atoms. The highest BCUT2D eigenvalue weighted by Gasteiger charge is 2.17. The molecule has 0 fully saturated rings. The van der Waals surface area contributed by atoms with Gasteiger partial charge >= 0.3 is 0 Å². The molecule has 0 spiro atoms. The summed E-state index contributed by atoms with van der Waals surface area (Å²) in [5, 5.41) is 5.52. The number of rotatable bonds is 5. The van der Waals surface area contributed by atoms with Gasteiger partial charge in [0.1, 0.15) is 17.1 Å². The van der Waals surface area contributed by atoms with Gasteiger partial charge in [0.05, 0.1) is 31.0 Å². The highest BCUT2D eigenvalue weighted by Crippen LogP contribution is 2.34. The Hall–Kier alpha value is -3.45. The van der Waals surface area contributed by atoms with Gasteiger partial charge in [0.15, 0.2) is 5.76 Å². The minimum absolute atomic E-state index is 0.155. The second-order valence-electron chi connectivity index (χ2n) is 6.09. The SMILES string of the molecule is COc1cc(OC)c2cc(C(=O)Nc3cc(-c4cccs4)ccc3N)oc2c1. The van der Waals surface area contributed by atoms with Crippen molar-refractivity contribution in [3.8, 4) is 21.9 Å². The number of thiophene rings is 1. The Morgan fingerprint density at radius 1 is 1.11 bits per heavy atom. The molecule has 0 radical (unpaired) electrons. The minimum atomic E-state index is -0.396. The van der Waals surface area contributed by atoms with Crippen LogP contribution in [0.4, 0.5) is 11.4 Å². The van der Waals surface area contributed by atoms with Crippen molar-refractivity contribution in [3.63, 3.8) is 0 Å². The average molecular weight is 394 g/mol. The third kappa shape index (κ3) is 3.27. The van der Waals surface area contributed by atoms with Crippen LogP contribution >= 0.6 is 11.3 Å². The summed E-state index contributed by atoms with van der Waals surface area (Å²) in [7, 11) is 3.11. The molecule has 6 nitrogen and oxygen atoms in total. The molecule has 142 valence electrons. The van der Waals surface area contributed by atoms with E-state index in [-0.39, 0.29) is 5.76 Å². The van der Waals surface area contributed by atoms with Gasteiger partial charge in [-0.25, -0.2) is 0 Å². The van der Waals surface area contributed by atoms with Crippen molar-refractivity contribution >= 4 is 39.6 Å². The lowest BCUT2D eigenvalue weighted by molar-refractivity contribution is 0.0998. The van der Waals surface area contributed by atoms with E-state index in [0.29, 0.717) is 33.8 Å². The number of nitrogens with one attached hydrogen (secondary N) is 1. The maximum atomic E-state index is 12.8. The van der Waals surface area contributed by atoms with E-state index >= 15 is 0 Å². The first kappa shape index (κ1) is 17.9. The Balaban J connectivity index is 1.66. The number of hydrogen-bond donors (Lipinski definition) is 2. The molecule has 0 aliphatic heterocycles. The van der Waals surface area contributed by atoms with Crippen molar-refractivity contribution in [1.82, 2.24) is 0 Å². The van der Waals surface area contributed by atoms with Crippen molar-refractivity contribution in [2.24, 2.45) is 0 Å². The Labute approximate surface area is 165 Å². The predicted molar refractivity (Wildman–Crippen MR) is 111 cm³/mol. The normalized spacial score (nSPS) is 10.8. The van der Waals surface area contributed by atoms with Crippen molar-refractivity contribution in [2.75, 3.05) is 25.3 Å². The summed E-state index contributed by atoms with van der Waals surface area (Å²) in [5.41, 5.74) is 8.54. The second-order valence-corrected chi connectivity index (χ2v) is 7.03. The highest BCUT2D eigenvalue weighted by atomic mass is 32.1. The molecule has 0 saturated carbocycles. The molecule has 7 heteroatoms. The summed E-state index contributed by atoms with van der Waals surface area (Å²) in [6.07, 6.45) is 0. The average Bonchev–Trinajstić information content (AvgIpc) is 3.38. The molecule has 28 heavy (non-hydrogen) atoms. The van der Waals surface area contributed by atoms with Gasteiger partial charge in [-0.2, -0.15) is 0 Å². The lowest BCUT2D eigenvalue weighted by atomic mass is 10.1. The fourth-order valence-electron chi connectivity index (χ4n) is 2.93. The van der Waals surface area contributed by atoms with Crippen LogP contribution in [0.5, 0.6) is 11.5 Å². The number of benzene rings is 2. The Morgan fingerprint density at radius 3 is 2.68 bits per heavy atom. The van der Waals surface area contributed by atoms with E-state index in [0.717, 1.165) is 10.4 Å². The van der Waals surface area contributed by atoms with Crippen LogP contribution in [0.3, 0.4) is 0 Å². The molecule has 3 N–H and O–H groups in total. The molecule has 0 atom stereocenters. The van der Waals surface area contributed by atoms with E-state index in [1.165, 1.54) is 0 Å². The maximum absolute atomic E-state index is 12.8.